The quantitative estimate of drug-likeness (QED) is 0.717. The Morgan fingerprint density at radius 2 is 1.88 bits per heavy atom. The van der Waals surface area contributed by atoms with Gasteiger partial charge in [-0.1, -0.05) is 0 Å². The van der Waals surface area contributed by atoms with Crippen molar-refractivity contribution < 1.29 is 19.4 Å². The molecule has 6 heteroatoms. The summed E-state index contributed by atoms with van der Waals surface area (Å²) in [7, 11) is 0. The molecule has 0 aliphatic carbocycles. The standard InChI is InChI=1S/C19H20N2O4/c1-19(2,23)17(22)12-24-15-7-5-13(6-8-15)16-11-21-18(25-16)14-4-3-9-20-10-14/h3-11,17,22-23H,12H2,1-2H3/t17-/m1/s1. The molecule has 0 bridgehead atoms. The second kappa shape index (κ2) is 7.04. The largest absolute Gasteiger partial charge is 0.491 e. The molecule has 1 aromatic carbocycles. The van der Waals surface area contributed by atoms with Crippen molar-refractivity contribution in [3.63, 3.8) is 0 Å². The summed E-state index contributed by atoms with van der Waals surface area (Å²) in [4.78, 5) is 8.32. The lowest BCUT2D eigenvalue weighted by Crippen LogP contribution is -2.40. The van der Waals surface area contributed by atoms with Gasteiger partial charge in [-0.15, -0.1) is 0 Å². The Balaban J connectivity index is 1.68. The zero-order valence-electron chi connectivity index (χ0n) is 14.1. The fraction of sp³-hybridized carbons (Fsp3) is 0.263. The Morgan fingerprint density at radius 3 is 2.52 bits per heavy atom. The number of aliphatic hydroxyl groups is 2. The van der Waals surface area contributed by atoms with Crippen LogP contribution < -0.4 is 4.74 Å². The predicted octanol–water partition coefficient (Wildman–Crippen LogP) is 2.91. The van der Waals surface area contributed by atoms with E-state index >= 15 is 0 Å². The molecule has 0 amide bonds. The fourth-order valence-electron chi connectivity index (χ4n) is 2.12. The molecular formula is C19H20N2O4. The van der Waals surface area contributed by atoms with E-state index in [1.165, 1.54) is 13.8 Å². The zero-order valence-corrected chi connectivity index (χ0v) is 14.1. The summed E-state index contributed by atoms with van der Waals surface area (Å²) < 4.78 is 11.3. The highest BCUT2D eigenvalue weighted by Crippen LogP contribution is 2.27. The molecule has 2 N–H and O–H groups in total. The van der Waals surface area contributed by atoms with Crippen LogP contribution in [0, 0.1) is 0 Å². The van der Waals surface area contributed by atoms with Crippen LogP contribution in [-0.4, -0.2) is 38.5 Å². The van der Waals surface area contributed by atoms with Gasteiger partial charge in [-0.25, -0.2) is 4.98 Å². The van der Waals surface area contributed by atoms with Gasteiger partial charge >= 0.3 is 0 Å². The smallest absolute Gasteiger partial charge is 0.228 e. The predicted molar refractivity (Wildman–Crippen MR) is 93.0 cm³/mol. The van der Waals surface area contributed by atoms with Crippen LogP contribution in [0.2, 0.25) is 0 Å². The Labute approximate surface area is 145 Å². The molecule has 0 saturated heterocycles. The molecule has 25 heavy (non-hydrogen) atoms. The van der Waals surface area contributed by atoms with E-state index in [0.717, 1.165) is 11.1 Å². The minimum atomic E-state index is -1.21. The average molecular weight is 340 g/mol. The lowest BCUT2D eigenvalue weighted by Gasteiger charge is -2.24. The Hall–Kier alpha value is -2.70. The number of ether oxygens (including phenoxy) is 1. The lowest BCUT2D eigenvalue weighted by molar-refractivity contribution is -0.0661. The zero-order chi connectivity index (χ0) is 17.9. The van der Waals surface area contributed by atoms with Gasteiger partial charge in [0, 0.05) is 18.0 Å². The van der Waals surface area contributed by atoms with E-state index in [1.807, 2.05) is 24.3 Å². The molecule has 0 aliphatic heterocycles. The second-order valence-electron chi connectivity index (χ2n) is 6.28. The molecule has 0 unspecified atom stereocenters. The topological polar surface area (TPSA) is 88.6 Å². The van der Waals surface area contributed by atoms with Gasteiger partial charge in [0.25, 0.3) is 0 Å². The molecule has 130 valence electrons. The van der Waals surface area contributed by atoms with Gasteiger partial charge in [0.1, 0.15) is 18.5 Å². The molecule has 2 heterocycles. The molecule has 6 nitrogen and oxygen atoms in total. The molecule has 3 rings (SSSR count). The monoisotopic (exact) mass is 340 g/mol. The molecule has 2 aromatic heterocycles. The van der Waals surface area contributed by atoms with E-state index in [9.17, 15) is 10.2 Å². The summed E-state index contributed by atoms with van der Waals surface area (Å²) in [6, 6.07) is 11.0. The van der Waals surface area contributed by atoms with Crippen molar-refractivity contribution in [2.75, 3.05) is 6.61 Å². The first-order chi connectivity index (χ1) is 11.9. The number of oxazole rings is 1. The maximum Gasteiger partial charge on any atom is 0.228 e. The summed E-state index contributed by atoms with van der Waals surface area (Å²) in [6.07, 6.45) is 4.08. The third-order valence-corrected chi connectivity index (χ3v) is 3.78. The summed E-state index contributed by atoms with van der Waals surface area (Å²) in [5.41, 5.74) is 0.468. The molecule has 0 fully saturated rings. The molecule has 0 saturated carbocycles. The highest BCUT2D eigenvalue weighted by Gasteiger charge is 2.24. The van der Waals surface area contributed by atoms with Crippen molar-refractivity contribution in [2.45, 2.75) is 25.6 Å². The highest BCUT2D eigenvalue weighted by molar-refractivity contribution is 5.61. The third-order valence-electron chi connectivity index (χ3n) is 3.78. The minimum absolute atomic E-state index is 0.0102. The van der Waals surface area contributed by atoms with Gasteiger partial charge in [0.05, 0.1) is 17.4 Å². The minimum Gasteiger partial charge on any atom is -0.491 e. The second-order valence-corrected chi connectivity index (χ2v) is 6.28. The van der Waals surface area contributed by atoms with Crippen LogP contribution in [0.3, 0.4) is 0 Å². The van der Waals surface area contributed by atoms with Crippen LogP contribution in [0.4, 0.5) is 0 Å². The number of nitrogens with zero attached hydrogens (tertiary/aromatic N) is 2. The van der Waals surface area contributed by atoms with Crippen molar-refractivity contribution in [1.29, 1.82) is 0 Å². The maximum atomic E-state index is 9.79. The Kier molecular flexibility index (Phi) is 4.83. The molecule has 3 aromatic rings. The molecule has 0 radical (unpaired) electrons. The van der Waals surface area contributed by atoms with Crippen molar-refractivity contribution in [2.24, 2.45) is 0 Å². The normalized spacial score (nSPS) is 12.8. The molecule has 0 spiro atoms. The molecule has 0 aliphatic rings. The first-order valence-electron chi connectivity index (χ1n) is 7.93. The van der Waals surface area contributed by atoms with Crippen molar-refractivity contribution in [1.82, 2.24) is 9.97 Å². The maximum absolute atomic E-state index is 9.79. The van der Waals surface area contributed by atoms with E-state index in [2.05, 4.69) is 9.97 Å². The lowest BCUT2D eigenvalue weighted by atomic mass is 10.0. The van der Waals surface area contributed by atoms with Gasteiger partial charge < -0.3 is 19.4 Å². The number of pyridine rings is 1. The average Bonchev–Trinajstić information content (AvgIpc) is 3.10. The van der Waals surface area contributed by atoms with Crippen LogP contribution in [0.25, 0.3) is 22.8 Å². The van der Waals surface area contributed by atoms with Gasteiger partial charge in [-0.05, 0) is 50.2 Å². The van der Waals surface area contributed by atoms with Crippen LogP contribution in [0.5, 0.6) is 5.75 Å². The number of rotatable bonds is 6. The highest BCUT2D eigenvalue weighted by atomic mass is 16.5. The van der Waals surface area contributed by atoms with Gasteiger partial charge in [-0.3, -0.25) is 4.98 Å². The van der Waals surface area contributed by atoms with E-state index in [-0.39, 0.29) is 6.61 Å². The van der Waals surface area contributed by atoms with Gasteiger partial charge in [0.15, 0.2) is 5.76 Å². The number of hydrogen-bond donors (Lipinski definition) is 2. The summed E-state index contributed by atoms with van der Waals surface area (Å²) in [5, 5.41) is 19.5. The molecule has 1 atom stereocenters. The van der Waals surface area contributed by atoms with Crippen LogP contribution in [0.15, 0.2) is 59.4 Å². The number of aliphatic hydroxyl groups excluding tert-OH is 1. The van der Waals surface area contributed by atoms with Crippen molar-refractivity contribution in [3.05, 3.63) is 55.0 Å². The number of hydrogen-bond acceptors (Lipinski definition) is 6. The fourth-order valence-corrected chi connectivity index (χ4v) is 2.12. The molecular weight excluding hydrogens is 320 g/mol. The van der Waals surface area contributed by atoms with E-state index in [4.69, 9.17) is 9.15 Å². The van der Waals surface area contributed by atoms with Crippen molar-refractivity contribution in [3.8, 4) is 28.5 Å². The summed E-state index contributed by atoms with van der Waals surface area (Å²) in [5.74, 6) is 1.75. The van der Waals surface area contributed by atoms with Crippen molar-refractivity contribution >= 4 is 0 Å². The van der Waals surface area contributed by atoms with E-state index in [0.29, 0.717) is 17.4 Å². The number of benzene rings is 1. The van der Waals surface area contributed by atoms with Gasteiger partial charge in [0.2, 0.25) is 5.89 Å². The Bertz CT molecular complexity index is 807. The first-order valence-corrected chi connectivity index (χ1v) is 7.93. The van der Waals surface area contributed by atoms with E-state index in [1.54, 1.807) is 30.7 Å². The SMILES string of the molecule is CC(C)(O)[C@H](O)COc1ccc(-c2cnc(-c3cccnc3)o2)cc1. The summed E-state index contributed by atoms with van der Waals surface area (Å²) >= 11 is 0. The first kappa shape index (κ1) is 17.1. The van der Waals surface area contributed by atoms with E-state index < -0.39 is 11.7 Å². The summed E-state index contributed by atoms with van der Waals surface area (Å²) in [6.45, 7) is 3.08. The van der Waals surface area contributed by atoms with Crippen LogP contribution in [0.1, 0.15) is 13.8 Å². The third kappa shape index (κ3) is 4.23. The van der Waals surface area contributed by atoms with Crippen LogP contribution >= 0.6 is 0 Å². The Morgan fingerprint density at radius 1 is 1.12 bits per heavy atom. The van der Waals surface area contributed by atoms with Gasteiger partial charge in [-0.2, -0.15) is 0 Å². The number of aromatic nitrogens is 2. The van der Waals surface area contributed by atoms with Crippen LogP contribution in [-0.2, 0) is 0 Å².